The number of hydrogen-bond donors (Lipinski definition) is 1. The first kappa shape index (κ1) is 17.7. The summed E-state index contributed by atoms with van der Waals surface area (Å²) in [4.78, 5) is 12.2. The number of carbonyl (C=O) groups is 1. The molecule has 2 rings (SSSR count). The molecule has 0 atom stereocenters. The van der Waals surface area contributed by atoms with Crippen LogP contribution in [0.2, 0.25) is 0 Å². The van der Waals surface area contributed by atoms with Gasteiger partial charge in [0, 0.05) is 12.1 Å². The van der Waals surface area contributed by atoms with E-state index in [0.717, 1.165) is 12.0 Å². The van der Waals surface area contributed by atoms with Gasteiger partial charge < -0.3 is 19.5 Å². The van der Waals surface area contributed by atoms with E-state index in [9.17, 15) is 4.79 Å². The summed E-state index contributed by atoms with van der Waals surface area (Å²) in [6, 6.07) is 13.1. The predicted molar refractivity (Wildman–Crippen MR) is 92.9 cm³/mol. The van der Waals surface area contributed by atoms with Crippen molar-refractivity contribution in [2.75, 3.05) is 20.8 Å². The van der Waals surface area contributed by atoms with Crippen LogP contribution in [-0.2, 0) is 6.61 Å². The zero-order chi connectivity index (χ0) is 17.4. The highest BCUT2D eigenvalue weighted by Gasteiger charge is 2.17. The van der Waals surface area contributed by atoms with Gasteiger partial charge in [-0.25, -0.2) is 0 Å². The van der Waals surface area contributed by atoms with Crippen molar-refractivity contribution in [3.8, 4) is 17.2 Å². The monoisotopic (exact) mass is 329 g/mol. The van der Waals surface area contributed by atoms with Crippen molar-refractivity contribution in [3.63, 3.8) is 0 Å². The third-order valence-electron chi connectivity index (χ3n) is 3.48. The lowest BCUT2D eigenvalue weighted by atomic mass is 10.1. The van der Waals surface area contributed by atoms with Crippen molar-refractivity contribution in [3.05, 3.63) is 53.6 Å². The van der Waals surface area contributed by atoms with Gasteiger partial charge in [0.15, 0.2) is 11.5 Å². The first-order valence-electron chi connectivity index (χ1n) is 7.90. The standard InChI is InChI=1S/C19H23NO4/c1-4-10-20-19(21)15-11-16(22-2)18(17(12-15)23-3)24-13-14-8-6-5-7-9-14/h5-9,11-12H,4,10,13H2,1-3H3,(H,20,21). The Morgan fingerprint density at radius 2 is 1.67 bits per heavy atom. The van der Waals surface area contributed by atoms with Gasteiger partial charge in [-0.3, -0.25) is 4.79 Å². The highest BCUT2D eigenvalue weighted by Crippen LogP contribution is 2.39. The van der Waals surface area contributed by atoms with Crippen molar-refractivity contribution < 1.29 is 19.0 Å². The fourth-order valence-electron chi connectivity index (χ4n) is 2.22. The molecule has 0 aliphatic carbocycles. The summed E-state index contributed by atoms with van der Waals surface area (Å²) >= 11 is 0. The molecule has 0 aliphatic rings. The van der Waals surface area contributed by atoms with Gasteiger partial charge in [0.2, 0.25) is 5.75 Å². The molecule has 0 saturated carbocycles. The summed E-state index contributed by atoms with van der Waals surface area (Å²) in [5, 5.41) is 2.84. The topological polar surface area (TPSA) is 56.8 Å². The molecule has 0 bridgehead atoms. The van der Waals surface area contributed by atoms with Gasteiger partial charge in [0.25, 0.3) is 5.91 Å². The molecule has 0 unspecified atom stereocenters. The Morgan fingerprint density at radius 3 is 2.21 bits per heavy atom. The second kappa shape index (κ2) is 8.82. The molecule has 24 heavy (non-hydrogen) atoms. The molecule has 128 valence electrons. The van der Waals surface area contributed by atoms with E-state index in [1.807, 2.05) is 37.3 Å². The third-order valence-corrected chi connectivity index (χ3v) is 3.48. The Hall–Kier alpha value is -2.69. The number of rotatable bonds is 8. The lowest BCUT2D eigenvalue weighted by Crippen LogP contribution is -2.24. The van der Waals surface area contributed by atoms with Gasteiger partial charge >= 0.3 is 0 Å². The summed E-state index contributed by atoms with van der Waals surface area (Å²) in [6.45, 7) is 3.01. The number of ether oxygens (including phenoxy) is 3. The maximum atomic E-state index is 12.2. The van der Waals surface area contributed by atoms with E-state index < -0.39 is 0 Å². The first-order chi connectivity index (χ1) is 11.7. The van der Waals surface area contributed by atoms with E-state index in [2.05, 4.69) is 5.32 Å². The molecule has 0 fully saturated rings. The summed E-state index contributed by atoms with van der Waals surface area (Å²) in [6.07, 6.45) is 0.873. The number of amides is 1. The van der Waals surface area contributed by atoms with Crippen LogP contribution in [0, 0.1) is 0 Å². The molecule has 0 heterocycles. The summed E-state index contributed by atoms with van der Waals surface area (Å²) < 4.78 is 16.6. The first-order valence-corrected chi connectivity index (χ1v) is 7.90. The normalized spacial score (nSPS) is 10.1. The van der Waals surface area contributed by atoms with Gasteiger partial charge in [-0.1, -0.05) is 37.3 Å². The van der Waals surface area contributed by atoms with Crippen LogP contribution in [0.25, 0.3) is 0 Å². The minimum absolute atomic E-state index is 0.164. The van der Waals surface area contributed by atoms with Gasteiger partial charge in [-0.15, -0.1) is 0 Å². The van der Waals surface area contributed by atoms with Gasteiger partial charge in [-0.05, 0) is 24.1 Å². The van der Waals surface area contributed by atoms with Crippen LogP contribution < -0.4 is 19.5 Å². The Labute approximate surface area is 142 Å². The van der Waals surface area contributed by atoms with Crippen molar-refractivity contribution >= 4 is 5.91 Å². The highest BCUT2D eigenvalue weighted by molar-refractivity contribution is 5.95. The Bertz CT molecular complexity index is 645. The van der Waals surface area contributed by atoms with Crippen molar-refractivity contribution in [2.45, 2.75) is 20.0 Å². The SMILES string of the molecule is CCCNC(=O)c1cc(OC)c(OCc2ccccc2)c(OC)c1. The molecule has 0 saturated heterocycles. The van der Waals surface area contributed by atoms with Crippen LogP contribution in [0.1, 0.15) is 29.3 Å². The van der Waals surface area contributed by atoms with E-state index in [4.69, 9.17) is 14.2 Å². The molecule has 0 radical (unpaired) electrons. The quantitative estimate of drug-likeness (QED) is 0.806. The second-order valence-electron chi connectivity index (χ2n) is 5.24. The molecule has 5 nitrogen and oxygen atoms in total. The highest BCUT2D eigenvalue weighted by atomic mass is 16.5. The molecular weight excluding hydrogens is 306 g/mol. The molecule has 0 aromatic heterocycles. The van der Waals surface area contributed by atoms with E-state index in [-0.39, 0.29) is 5.91 Å². The lowest BCUT2D eigenvalue weighted by Gasteiger charge is -2.16. The molecule has 5 heteroatoms. The zero-order valence-electron chi connectivity index (χ0n) is 14.3. The van der Waals surface area contributed by atoms with E-state index in [1.165, 1.54) is 14.2 Å². The molecule has 1 N–H and O–H groups in total. The summed E-state index contributed by atoms with van der Waals surface area (Å²) in [7, 11) is 3.08. The lowest BCUT2D eigenvalue weighted by molar-refractivity contribution is 0.0952. The Morgan fingerprint density at radius 1 is 1.04 bits per heavy atom. The molecule has 2 aromatic rings. The van der Waals surface area contributed by atoms with Crippen LogP contribution in [0.4, 0.5) is 0 Å². The van der Waals surface area contributed by atoms with E-state index >= 15 is 0 Å². The van der Waals surface area contributed by atoms with Crippen molar-refractivity contribution in [1.29, 1.82) is 0 Å². The fourth-order valence-corrected chi connectivity index (χ4v) is 2.22. The molecule has 1 amide bonds. The van der Waals surface area contributed by atoms with E-state index in [1.54, 1.807) is 12.1 Å². The maximum Gasteiger partial charge on any atom is 0.251 e. The second-order valence-corrected chi connectivity index (χ2v) is 5.24. The van der Waals surface area contributed by atoms with Crippen LogP contribution >= 0.6 is 0 Å². The van der Waals surface area contributed by atoms with Gasteiger partial charge in [0.05, 0.1) is 14.2 Å². The fraction of sp³-hybridized carbons (Fsp3) is 0.316. The number of methoxy groups -OCH3 is 2. The number of carbonyl (C=O) groups excluding carboxylic acids is 1. The van der Waals surface area contributed by atoms with Crippen LogP contribution in [0.15, 0.2) is 42.5 Å². The Balaban J connectivity index is 2.25. The minimum Gasteiger partial charge on any atom is -0.493 e. The largest absolute Gasteiger partial charge is 0.493 e. The van der Waals surface area contributed by atoms with Crippen LogP contribution in [-0.4, -0.2) is 26.7 Å². The smallest absolute Gasteiger partial charge is 0.251 e. The summed E-state index contributed by atoms with van der Waals surface area (Å²) in [5.74, 6) is 1.25. The zero-order valence-corrected chi connectivity index (χ0v) is 14.3. The van der Waals surface area contributed by atoms with Gasteiger partial charge in [-0.2, -0.15) is 0 Å². The third kappa shape index (κ3) is 4.41. The van der Waals surface area contributed by atoms with Crippen molar-refractivity contribution in [2.24, 2.45) is 0 Å². The average Bonchev–Trinajstić information content (AvgIpc) is 2.64. The van der Waals surface area contributed by atoms with Crippen LogP contribution in [0.3, 0.4) is 0 Å². The molecule has 0 spiro atoms. The molecule has 0 aliphatic heterocycles. The number of nitrogens with one attached hydrogen (secondary N) is 1. The number of benzene rings is 2. The minimum atomic E-state index is -0.164. The molecular formula is C19H23NO4. The van der Waals surface area contributed by atoms with Crippen molar-refractivity contribution in [1.82, 2.24) is 5.32 Å². The molecule has 2 aromatic carbocycles. The maximum absolute atomic E-state index is 12.2. The van der Waals surface area contributed by atoms with E-state index in [0.29, 0.717) is 36.0 Å². The predicted octanol–water partition coefficient (Wildman–Crippen LogP) is 3.42. The summed E-state index contributed by atoms with van der Waals surface area (Å²) in [5.41, 5.74) is 1.51. The van der Waals surface area contributed by atoms with Gasteiger partial charge in [0.1, 0.15) is 6.61 Å². The average molecular weight is 329 g/mol. The Kier molecular flexibility index (Phi) is 6.49. The number of hydrogen-bond acceptors (Lipinski definition) is 4. The van der Waals surface area contributed by atoms with Crippen LogP contribution in [0.5, 0.6) is 17.2 Å².